The van der Waals surface area contributed by atoms with Gasteiger partial charge in [0.05, 0.1) is 30.1 Å². The van der Waals surface area contributed by atoms with E-state index in [1.165, 1.54) is 12.3 Å². The fourth-order valence-corrected chi connectivity index (χ4v) is 4.41. The first kappa shape index (κ1) is 23.0. The Morgan fingerprint density at radius 3 is 2.49 bits per heavy atom. The van der Waals surface area contributed by atoms with Crippen molar-refractivity contribution in [1.82, 2.24) is 24.5 Å². The summed E-state index contributed by atoms with van der Waals surface area (Å²) in [6, 6.07) is 6.16. The van der Waals surface area contributed by atoms with E-state index in [0.717, 1.165) is 6.20 Å². The summed E-state index contributed by atoms with van der Waals surface area (Å²) >= 11 is 0. The number of nitrogens with one attached hydrogen (secondary N) is 1. The maximum atomic E-state index is 14.9. The molecule has 4 aromatic rings. The van der Waals surface area contributed by atoms with Crippen LogP contribution in [0.1, 0.15) is 32.1 Å². The molecule has 1 saturated heterocycles. The van der Waals surface area contributed by atoms with Crippen LogP contribution in [0.3, 0.4) is 0 Å². The summed E-state index contributed by atoms with van der Waals surface area (Å²) in [6.45, 7) is 5.61. The number of hydrogen-bond donors (Lipinski definition) is 1. The number of halogens is 4. The van der Waals surface area contributed by atoms with Crippen molar-refractivity contribution in [3.05, 3.63) is 54.1 Å². The zero-order valence-corrected chi connectivity index (χ0v) is 19.4. The van der Waals surface area contributed by atoms with Crippen LogP contribution in [0.25, 0.3) is 22.3 Å². The minimum absolute atomic E-state index is 0.0305. The Labute approximate surface area is 198 Å². The smallest absolute Gasteiger partial charge is 0.266 e. The van der Waals surface area contributed by atoms with E-state index in [0.29, 0.717) is 22.8 Å². The Kier molecular flexibility index (Phi) is 5.57. The van der Waals surface area contributed by atoms with Crippen molar-refractivity contribution in [2.45, 2.75) is 39.2 Å². The highest BCUT2D eigenvalue weighted by Gasteiger charge is 2.38. The first-order chi connectivity index (χ1) is 16.6. The molecule has 0 unspecified atom stereocenters. The Morgan fingerprint density at radius 2 is 1.83 bits per heavy atom. The lowest BCUT2D eigenvalue weighted by Crippen LogP contribution is -2.24. The average Bonchev–Trinajstić information content (AvgIpc) is 3.34. The second kappa shape index (κ2) is 8.47. The standard InChI is InChI=1S/C24H23F4N7/c1-13(2)35-14(3)31-22-17(25)8-15(9-19(22)35)21-18(26)11-30-23(33-21)32-20-5-4-16(10-29-20)34-7-6-24(27,28)12-34/h4-5,8-11,13H,6-7,12H2,1-3H3,(H,29,30,32,33). The van der Waals surface area contributed by atoms with Crippen LogP contribution in [0.2, 0.25) is 0 Å². The fourth-order valence-electron chi connectivity index (χ4n) is 4.41. The minimum atomic E-state index is -2.71. The Morgan fingerprint density at radius 1 is 1.03 bits per heavy atom. The molecule has 35 heavy (non-hydrogen) atoms. The molecule has 1 aliphatic rings. The molecule has 0 bridgehead atoms. The van der Waals surface area contributed by atoms with Crippen LogP contribution < -0.4 is 10.2 Å². The summed E-state index contributed by atoms with van der Waals surface area (Å²) in [4.78, 5) is 18.3. The maximum absolute atomic E-state index is 14.9. The van der Waals surface area contributed by atoms with Gasteiger partial charge in [-0.05, 0) is 45.0 Å². The van der Waals surface area contributed by atoms with Crippen molar-refractivity contribution in [1.29, 1.82) is 0 Å². The number of nitrogens with zero attached hydrogens (tertiary/aromatic N) is 6. The van der Waals surface area contributed by atoms with E-state index in [4.69, 9.17) is 0 Å². The van der Waals surface area contributed by atoms with Gasteiger partial charge in [-0.15, -0.1) is 0 Å². The highest BCUT2D eigenvalue weighted by molar-refractivity contribution is 5.83. The van der Waals surface area contributed by atoms with E-state index in [1.807, 2.05) is 18.4 Å². The van der Waals surface area contributed by atoms with Gasteiger partial charge in [0, 0.05) is 24.6 Å². The summed E-state index contributed by atoms with van der Waals surface area (Å²) in [6.07, 6.45) is 2.29. The molecule has 1 aromatic carbocycles. The lowest BCUT2D eigenvalue weighted by molar-refractivity contribution is 0.0257. The number of imidazole rings is 1. The third kappa shape index (κ3) is 4.38. The molecule has 7 nitrogen and oxygen atoms in total. The van der Waals surface area contributed by atoms with Crippen LogP contribution in [0.4, 0.5) is 35.0 Å². The van der Waals surface area contributed by atoms with Gasteiger partial charge in [0.1, 0.15) is 22.9 Å². The van der Waals surface area contributed by atoms with E-state index in [1.54, 1.807) is 30.0 Å². The predicted octanol–water partition coefficient (Wildman–Crippen LogP) is 5.64. The van der Waals surface area contributed by atoms with E-state index >= 15 is 0 Å². The zero-order chi connectivity index (χ0) is 24.9. The average molecular weight is 485 g/mol. The van der Waals surface area contributed by atoms with E-state index in [-0.39, 0.29) is 48.3 Å². The van der Waals surface area contributed by atoms with Gasteiger partial charge in [-0.25, -0.2) is 37.5 Å². The van der Waals surface area contributed by atoms with Gasteiger partial charge in [-0.3, -0.25) is 0 Å². The third-order valence-electron chi connectivity index (χ3n) is 5.98. The van der Waals surface area contributed by atoms with Gasteiger partial charge in [0.2, 0.25) is 5.95 Å². The first-order valence-electron chi connectivity index (χ1n) is 11.2. The molecule has 11 heteroatoms. The largest absolute Gasteiger partial charge is 0.364 e. The molecule has 3 aromatic heterocycles. The molecule has 4 heterocycles. The molecule has 0 atom stereocenters. The fraction of sp³-hybridized carbons (Fsp3) is 0.333. The van der Waals surface area contributed by atoms with Crippen molar-refractivity contribution >= 4 is 28.5 Å². The molecule has 182 valence electrons. The molecule has 0 aliphatic carbocycles. The summed E-state index contributed by atoms with van der Waals surface area (Å²) < 4.78 is 58.4. The van der Waals surface area contributed by atoms with E-state index in [2.05, 4.69) is 25.3 Å². The quantitative estimate of drug-likeness (QED) is 0.369. The molecule has 0 spiro atoms. The van der Waals surface area contributed by atoms with Crippen molar-refractivity contribution in [3.8, 4) is 11.3 Å². The predicted molar refractivity (Wildman–Crippen MR) is 125 cm³/mol. The number of fused-ring (bicyclic) bond motifs is 1. The Bertz CT molecular complexity index is 1400. The molecule has 0 saturated carbocycles. The Hall–Kier alpha value is -3.76. The first-order valence-corrected chi connectivity index (χ1v) is 11.2. The van der Waals surface area contributed by atoms with Crippen LogP contribution in [-0.2, 0) is 0 Å². The van der Waals surface area contributed by atoms with Gasteiger partial charge in [0.15, 0.2) is 11.6 Å². The second-order valence-electron chi connectivity index (χ2n) is 8.89. The normalized spacial score (nSPS) is 15.4. The highest BCUT2D eigenvalue weighted by atomic mass is 19.3. The Balaban J connectivity index is 1.44. The molecule has 0 amide bonds. The zero-order valence-electron chi connectivity index (χ0n) is 19.4. The summed E-state index contributed by atoms with van der Waals surface area (Å²) in [5, 5.41) is 2.88. The third-order valence-corrected chi connectivity index (χ3v) is 5.98. The number of aryl methyl sites for hydroxylation is 1. The number of anilines is 3. The van der Waals surface area contributed by atoms with Crippen molar-refractivity contribution in [2.24, 2.45) is 0 Å². The molecule has 0 radical (unpaired) electrons. The van der Waals surface area contributed by atoms with E-state index < -0.39 is 17.6 Å². The van der Waals surface area contributed by atoms with Crippen molar-refractivity contribution in [2.75, 3.05) is 23.3 Å². The highest BCUT2D eigenvalue weighted by Crippen LogP contribution is 2.32. The number of benzene rings is 1. The van der Waals surface area contributed by atoms with Crippen molar-refractivity contribution in [3.63, 3.8) is 0 Å². The van der Waals surface area contributed by atoms with Crippen LogP contribution in [0.15, 0.2) is 36.7 Å². The van der Waals surface area contributed by atoms with Crippen LogP contribution in [-0.4, -0.2) is 43.5 Å². The van der Waals surface area contributed by atoms with Gasteiger partial charge in [-0.1, -0.05) is 0 Å². The SMILES string of the molecule is Cc1nc2c(F)cc(-c3nc(Nc4ccc(N5CCC(F)(F)C5)cn4)ncc3F)cc2n1C(C)C. The molecule has 1 fully saturated rings. The number of alkyl halides is 2. The lowest BCUT2D eigenvalue weighted by Gasteiger charge is -2.18. The minimum Gasteiger partial charge on any atom is -0.364 e. The lowest BCUT2D eigenvalue weighted by atomic mass is 10.1. The van der Waals surface area contributed by atoms with Crippen LogP contribution in [0, 0.1) is 18.6 Å². The number of aromatic nitrogens is 5. The molecule has 5 rings (SSSR count). The van der Waals surface area contributed by atoms with Crippen LogP contribution in [0.5, 0.6) is 0 Å². The monoisotopic (exact) mass is 485 g/mol. The topological polar surface area (TPSA) is 71.8 Å². The van der Waals surface area contributed by atoms with Crippen molar-refractivity contribution < 1.29 is 17.6 Å². The maximum Gasteiger partial charge on any atom is 0.266 e. The molecular formula is C24H23F4N7. The summed E-state index contributed by atoms with van der Waals surface area (Å²) in [7, 11) is 0. The molecule has 1 aliphatic heterocycles. The van der Waals surface area contributed by atoms with Gasteiger partial charge >= 0.3 is 0 Å². The number of hydrogen-bond acceptors (Lipinski definition) is 6. The second-order valence-corrected chi connectivity index (χ2v) is 8.89. The summed E-state index contributed by atoms with van der Waals surface area (Å²) in [5.41, 5.74) is 1.51. The molecular weight excluding hydrogens is 462 g/mol. The number of pyridine rings is 1. The summed E-state index contributed by atoms with van der Waals surface area (Å²) in [5.74, 6) is -2.92. The van der Waals surface area contributed by atoms with Gasteiger partial charge in [0.25, 0.3) is 5.92 Å². The number of rotatable bonds is 5. The molecule has 1 N–H and O–H groups in total. The van der Waals surface area contributed by atoms with E-state index in [9.17, 15) is 17.6 Å². The van der Waals surface area contributed by atoms with Crippen LogP contribution >= 0.6 is 0 Å². The van der Waals surface area contributed by atoms with Gasteiger partial charge < -0.3 is 14.8 Å². The van der Waals surface area contributed by atoms with Gasteiger partial charge in [-0.2, -0.15) is 0 Å².